The summed E-state index contributed by atoms with van der Waals surface area (Å²) in [6, 6.07) is 9.93. The number of ether oxygens (including phenoxy) is 2. The first-order valence-corrected chi connectivity index (χ1v) is 7.74. The van der Waals surface area contributed by atoms with Crippen LogP contribution in [-0.2, 0) is 9.53 Å². The normalized spacial score (nSPS) is 16.0. The molecule has 0 aliphatic carbocycles. The molecular formula is C17H25NO3. The molecule has 116 valence electrons. The Balaban J connectivity index is 1.62. The van der Waals surface area contributed by atoms with E-state index >= 15 is 0 Å². The molecule has 1 amide bonds. The number of carbonyl (C=O) groups excluding carboxylic acids is 1. The predicted octanol–water partition coefficient (Wildman–Crippen LogP) is 2.73. The number of hydrogen-bond acceptors (Lipinski definition) is 3. The van der Waals surface area contributed by atoms with Gasteiger partial charge in [-0.1, -0.05) is 18.2 Å². The Kier molecular flexibility index (Phi) is 6.54. The minimum Gasteiger partial charge on any atom is -0.494 e. The zero-order valence-corrected chi connectivity index (χ0v) is 12.8. The van der Waals surface area contributed by atoms with Crippen molar-refractivity contribution >= 4 is 5.91 Å². The van der Waals surface area contributed by atoms with Crippen molar-refractivity contribution in [1.82, 2.24) is 4.90 Å². The topological polar surface area (TPSA) is 38.8 Å². The van der Waals surface area contributed by atoms with E-state index in [9.17, 15) is 4.79 Å². The number of rotatable bonds is 7. The van der Waals surface area contributed by atoms with Crippen LogP contribution in [0.5, 0.6) is 5.75 Å². The van der Waals surface area contributed by atoms with E-state index in [1.54, 1.807) is 7.11 Å². The fraction of sp³-hybridized carbons (Fsp3) is 0.588. The first kappa shape index (κ1) is 15.8. The van der Waals surface area contributed by atoms with Gasteiger partial charge in [-0.3, -0.25) is 4.79 Å². The van der Waals surface area contributed by atoms with Crippen molar-refractivity contribution in [3.8, 4) is 5.75 Å². The molecule has 1 saturated heterocycles. The molecule has 0 saturated carbocycles. The van der Waals surface area contributed by atoms with E-state index in [4.69, 9.17) is 9.47 Å². The van der Waals surface area contributed by atoms with Gasteiger partial charge in [0.05, 0.1) is 19.6 Å². The van der Waals surface area contributed by atoms with E-state index in [0.717, 1.165) is 44.7 Å². The Morgan fingerprint density at radius 2 is 1.90 bits per heavy atom. The molecule has 2 rings (SSSR count). The Bertz CT molecular complexity index is 413. The molecule has 1 aliphatic heterocycles. The highest BCUT2D eigenvalue weighted by Gasteiger charge is 2.22. The minimum atomic E-state index is 0.218. The van der Waals surface area contributed by atoms with Crippen LogP contribution in [0.1, 0.15) is 25.7 Å². The van der Waals surface area contributed by atoms with Crippen LogP contribution in [0, 0.1) is 5.92 Å². The maximum atomic E-state index is 11.9. The second-order valence-corrected chi connectivity index (χ2v) is 5.52. The number of likely N-dealkylation sites (tertiary alicyclic amines) is 1. The summed E-state index contributed by atoms with van der Waals surface area (Å²) in [5.74, 6) is 1.82. The molecule has 0 N–H and O–H groups in total. The average molecular weight is 291 g/mol. The van der Waals surface area contributed by atoms with Crippen LogP contribution in [0.2, 0.25) is 0 Å². The number of amides is 1. The Morgan fingerprint density at radius 3 is 2.57 bits per heavy atom. The number of benzene rings is 1. The first-order valence-electron chi connectivity index (χ1n) is 7.74. The van der Waals surface area contributed by atoms with Gasteiger partial charge in [0.25, 0.3) is 0 Å². The van der Waals surface area contributed by atoms with Crippen molar-refractivity contribution in [2.45, 2.75) is 25.7 Å². The maximum Gasteiger partial charge on any atom is 0.224 e. The highest BCUT2D eigenvalue weighted by atomic mass is 16.5. The quantitative estimate of drug-likeness (QED) is 0.775. The molecular weight excluding hydrogens is 266 g/mol. The van der Waals surface area contributed by atoms with Crippen LogP contribution in [0.3, 0.4) is 0 Å². The molecule has 0 unspecified atom stereocenters. The molecule has 1 aliphatic rings. The first-order chi connectivity index (χ1) is 10.3. The van der Waals surface area contributed by atoms with E-state index in [0.29, 0.717) is 18.9 Å². The summed E-state index contributed by atoms with van der Waals surface area (Å²) in [5, 5.41) is 0. The summed E-state index contributed by atoms with van der Waals surface area (Å²) < 4.78 is 10.7. The van der Waals surface area contributed by atoms with E-state index in [1.165, 1.54) is 0 Å². The molecule has 1 heterocycles. The lowest BCUT2D eigenvalue weighted by atomic mass is 9.94. The molecule has 21 heavy (non-hydrogen) atoms. The smallest absolute Gasteiger partial charge is 0.224 e. The molecule has 0 radical (unpaired) electrons. The number of methoxy groups -OCH3 is 1. The number of para-hydroxylation sites is 1. The van der Waals surface area contributed by atoms with Gasteiger partial charge in [-0.25, -0.2) is 0 Å². The lowest BCUT2D eigenvalue weighted by molar-refractivity contribution is -0.133. The second-order valence-electron chi connectivity index (χ2n) is 5.52. The van der Waals surface area contributed by atoms with Crippen molar-refractivity contribution in [3.05, 3.63) is 30.3 Å². The van der Waals surface area contributed by atoms with Gasteiger partial charge in [0.1, 0.15) is 5.75 Å². The minimum absolute atomic E-state index is 0.218. The van der Waals surface area contributed by atoms with Crippen molar-refractivity contribution in [1.29, 1.82) is 0 Å². The monoisotopic (exact) mass is 291 g/mol. The summed E-state index contributed by atoms with van der Waals surface area (Å²) >= 11 is 0. The summed E-state index contributed by atoms with van der Waals surface area (Å²) in [6.07, 6.45) is 3.72. The standard InChI is InChI=1S/C17H25NO3/c1-20-13-10-17(19)18-11-7-15(8-12-18)9-14-21-16-5-3-2-4-6-16/h2-6,15H,7-14H2,1H3. The third-order valence-corrected chi connectivity index (χ3v) is 4.03. The van der Waals surface area contributed by atoms with Gasteiger partial charge in [0.15, 0.2) is 0 Å². The second kappa shape index (κ2) is 8.67. The van der Waals surface area contributed by atoms with Crippen molar-refractivity contribution < 1.29 is 14.3 Å². The van der Waals surface area contributed by atoms with Gasteiger partial charge in [-0.15, -0.1) is 0 Å². The number of nitrogens with zero attached hydrogens (tertiary/aromatic N) is 1. The van der Waals surface area contributed by atoms with E-state index in [1.807, 2.05) is 35.2 Å². The van der Waals surface area contributed by atoms with Crippen molar-refractivity contribution in [2.75, 3.05) is 33.4 Å². The van der Waals surface area contributed by atoms with Gasteiger partial charge in [0, 0.05) is 20.2 Å². The van der Waals surface area contributed by atoms with Gasteiger partial charge < -0.3 is 14.4 Å². The van der Waals surface area contributed by atoms with Gasteiger partial charge in [0.2, 0.25) is 5.91 Å². The lowest BCUT2D eigenvalue weighted by Gasteiger charge is -2.32. The Morgan fingerprint density at radius 1 is 1.19 bits per heavy atom. The predicted molar refractivity (Wildman–Crippen MR) is 82.4 cm³/mol. The molecule has 0 spiro atoms. The molecule has 4 heteroatoms. The third kappa shape index (κ3) is 5.38. The molecule has 1 aromatic rings. The van der Waals surface area contributed by atoms with Crippen LogP contribution < -0.4 is 4.74 Å². The van der Waals surface area contributed by atoms with Gasteiger partial charge >= 0.3 is 0 Å². The van der Waals surface area contributed by atoms with Crippen molar-refractivity contribution in [3.63, 3.8) is 0 Å². The summed E-state index contributed by atoms with van der Waals surface area (Å²) in [4.78, 5) is 13.8. The van der Waals surface area contributed by atoms with Crippen LogP contribution >= 0.6 is 0 Å². The zero-order valence-electron chi connectivity index (χ0n) is 12.8. The van der Waals surface area contributed by atoms with Gasteiger partial charge in [-0.05, 0) is 37.3 Å². The van der Waals surface area contributed by atoms with E-state index in [2.05, 4.69) is 0 Å². The van der Waals surface area contributed by atoms with Crippen LogP contribution in [0.25, 0.3) is 0 Å². The highest BCUT2D eigenvalue weighted by Crippen LogP contribution is 2.21. The molecule has 1 aromatic carbocycles. The Hall–Kier alpha value is -1.55. The molecule has 1 fully saturated rings. The molecule has 4 nitrogen and oxygen atoms in total. The van der Waals surface area contributed by atoms with Crippen LogP contribution in [0.4, 0.5) is 0 Å². The molecule has 0 aromatic heterocycles. The number of carbonyl (C=O) groups is 1. The largest absolute Gasteiger partial charge is 0.494 e. The van der Waals surface area contributed by atoms with E-state index < -0.39 is 0 Å². The fourth-order valence-corrected chi connectivity index (χ4v) is 2.68. The maximum absolute atomic E-state index is 11.9. The van der Waals surface area contributed by atoms with E-state index in [-0.39, 0.29) is 5.91 Å². The summed E-state index contributed by atoms with van der Waals surface area (Å²) in [6.45, 7) is 3.02. The van der Waals surface area contributed by atoms with Gasteiger partial charge in [-0.2, -0.15) is 0 Å². The van der Waals surface area contributed by atoms with Crippen LogP contribution in [0.15, 0.2) is 30.3 Å². The number of piperidine rings is 1. The number of hydrogen-bond donors (Lipinski definition) is 0. The molecule has 0 atom stereocenters. The third-order valence-electron chi connectivity index (χ3n) is 4.03. The zero-order chi connectivity index (χ0) is 14.9. The SMILES string of the molecule is COCCC(=O)N1CCC(CCOc2ccccc2)CC1. The van der Waals surface area contributed by atoms with Crippen LogP contribution in [-0.4, -0.2) is 44.2 Å². The average Bonchev–Trinajstić information content (AvgIpc) is 2.54. The Labute approximate surface area is 127 Å². The lowest BCUT2D eigenvalue weighted by Crippen LogP contribution is -2.39. The fourth-order valence-electron chi connectivity index (χ4n) is 2.68. The summed E-state index contributed by atoms with van der Waals surface area (Å²) in [5.41, 5.74) is 0. The highest BCUT2D eigenvalue weighted by molar-refractivity contribution is 5.76. The van der Waals surface area contributed by atoms with Crippen molar-refractivity contribution in [2.24, 2.45) is 5.92 Å². The summed E-state index contributed by atoms with van der Waals surface area (Å²) in [7, 11) is 1.63. The molecule has 0 bridgehead atoms.